The van der Waals surface area contributed by atoms with Crippen LogP contribution in [0.25, 0.3) is 11.3 Å². The van der Waals surface area contributed by atoms with Crippen LogP contribution in [0.15, 0.2) is 45.6 Å². The van der Waals surface area contributed by atoms with Crippen LogP contribution in [0.3, 0.4) is 0 Å². The molecule has 2 aromatic rings. The van der Waals surface area contributed by atoms with Crippen molar-refractivity contribution in [3.05, 3.63) is 52.4 Å². The van der Waals surface area contributed by atoms with E-state index in [1.807, 2.05) is 0 Å². The zero-order valence-corrected chi connectivity index (χ0v) is 12.0. The average molecular weight is 318 g/mol. The first-order chi connectivity index (χ1) is 10.8. The van der Waals surface area contributed by atoms with E-state index < -0.39 is 22.7 Å². The quantitative estimate of drug-likeness (QED) is 0.545. The molecule has 0 saturated carbocycles. The van der Waals surface area contributed by atoms with Crippen molar-refractivity contribution in [2.24, 2.45) is 0 Å². The number of aromatic hydroxyl groups is 5. The molecule has 1 aromatic heterocycles. The summed E-state index contributed by atoms with van der Waals surface area (Å²) in [5.74, 6) is -2.77. The van der Waals surface area contributed by atoms with Crippen LogP contribution in [0.2, 0.25) is 0 Å². The van der Waals surface area contributed by atoms with E-state index in [0.717, 1.165) is 18.2 Å². The lowest BCUT2D eigenvalue weighted by molar-refractivity contribution is 0.423. The molecule has 0 atom stereocenters. The van der Waals surface area contributed by atoms with Gasteiger partial charge in [-0.25, -0.2) is 0 Å². The normalized spacial score (nSPS) is 10.1. The summed E-state index contributed by atoms with van der Waals surface area (Å²) in [6, 6.07) is 6.20. The van der Waals surface area contributed by atoms with Gasteiger partial charge in [0, 0.05) is 24.3 Å². The highest BCUT2D eigenvalue weighted by molar-refractivity contribution is 5.70. The predicted octanol–water partition coefficient (Wildman–Crippen LogP) is 2.27. The highest BCUT2D eigenvalue weighted by atomic mass is 16.4. The first-order valence-corrected chi connectivity index (χ1v) is 6.45. The van der Waals surface area contributed by atoms with Crippen molar-refractivity contribution >= 4 is 0 Å². The van der Waals surface area contributed by atoms with Crippen LogP contribution >= 0.6 is 0 Å². The molecule has 0 aliphatic rings. The molecule has 7 nitrogen and oxygen atoms in total. The summed E-state index contributed by atoms with van der Waals surface area (Å²) < 4.78 is 5.34. The SMILES string of the molecule is Cc1cc(O)cc(O)cc(=O)c(O)c(-c2ccc(O)cc2O)o1. The lowest BCUT2D eigenvalue weighted by atomic mass is 10.1. The number of hydrogen-bond acceptors (Lipinski definition) is 7. The Kier molecular flexibility index (Phi) is 4.31. The highest BCUT2D eigenvalue weighted by Crippen LogP contribution is 2.35. The standard InChI is InChI=1S/C16H14O7/c1-8-4-10(18)5-11(19)7-14(21)15(22)16(23-8)12-3-2-9(17)6-13(12)20/h2-7,17-20,22H,1H3. The summed E-state index contributed by atoms with van der Waals surface area (Å²) >= 11 is 0. The molecule has 0 radical (unpaired) electrons. The average Bonchev–Trinajstić information content (AvgIpc) is 2.43. The molecule has 2 rings (SSSR count). The van der Waals surface area contributed by atoms with Crippen molar-refractivity contribution in [3.63, 3.8) is 0 Å². The van der Waals surface area contributed by atoms with Crippen LogP contribution in [-0.4, -0.2) is 25.5 Å². The maximum Gasteiger partial charge on any atom is 0.227 e. The first kappa shape index (κ1) is 16.0. The van der Waals surface area contributed by atoms with E-state index in [1.165, 1.54) is 19.1 Å². The van der Waals surface area contributed by atoms with Gasteiger partial charge in [0.25, 0.3) is 0 Å². The van der Waals surface area contributed by atoms with Crippen LogP contribution in [0.1, 0.15) is 5.76 Å². The van der Waals surface area contributed by atoms with E-state index in [9.17, 15) is 30.3 Å². The number of hydrogen-bond donors (Lipinski definition) is 5. The Bertz CT molecular complexity index is 867. The van der Waals surface area contributed by atoms with Crippen molar-refractivity contribution in [1.29, 1.82) is 0 Å². The summed E-state index contributed by atoms with van der Waals surface area (Å²) in [5.41, 5.74) is -1.05. The lowest BCUT2D eigenvalue weighted by Gasteiger charge is -2.05. The number of rotatable bonds is 1. The second-order valence-corrected chi connectivity index (χ2v) is 4.74. The van der Waals surface area contributed by atoms with Gasteiger partial charge in [-0.05, 0) is 19.1 Å². The van der Waals surface area contributed by atoms with E-state index in [0.29, 0.717) is 6.07 Å². The van der Waals surface area contributed by atoms with E-state index in [4.69, 9.17) is 4.42 Å². The van der Waals surface area contributed by atoms with Gasteiger partial charge in [0.15, 0.2) is 5.76 Å². The summed E-state index contributed by atoms with van der Waals surface area (Å²) in [5, 5.41) is 48.4. The zero-order valence-electron chi connectivity index (χ0n) is 12.0. The second kappa shape index (κ2) is 6.18. The number of phenolic OH excluding ortho intramolecular Hbond substituents is 2. The van der Waals surface area contributed by atoms with Crippen LogP contribution in [0.4, 0.5) is 0 Å². The summed E-state index contributed by atoms with van der Waals surface area (Å²) in [7, 11) is 0. The van der Waals surface area contributed by atoms with Gasteiger partial charge in [0.2, 0.25) is 11.2 Å². The number of aryl methyl sites for hydroxylation is 1. The first-order valence-electron chi connectivity index (χ1n) is 6.45. The molecule has 0 unspecified atom stereocenters. The van der Waals surface area contributed by atoms with Crippen LogP contribution in [0, 0.1) is 6.92 Å². The van der Waals surface area contributed by atoms with Gasteiger partial charge in [-0.1, -0.05) is 0 Å². The Morgan fingerprint density at radius 2 is 1.48 bits per heavy atom. The topological polar surface area (TPSA) is 131 Å². The van der Waals surface area contributed by atoms with Crippen molar-refractivity contribution in [1.82, 2.24) is 0 Å². The summed E-state index contributed by atoms with van der Waals surface area (Å²) in [6.07, 6.45) is 0. The van der Waals surface area contributed by atoms with Gasteiger partial charge < -0.3 is 29.9 Å². The Hall–Kier alpha value is -3.35. The smallest absolute Gasteiger partial charge is 0.227 e. The maximum atomic E-state index is 11.9. The van der Waals surface area contributed by atoms with E-state index >= 15 is 0 Å². The maximum absolute atomic E-state index is 11.9. The molecule has 0 saturated heterocycles. The predicted molar refractivity (Wildman–Crippen MR) is 81.1 cm³/mol. The molecular formula is C16H14O7. The number of phenols is 2. The van der Waals surface area contributed by atoms with E-state index in [-0.39, 0.29) is 28.6 Å². The fourth-order valence-electron chi connectivity index (χ4n) is 1.89. The molecule has 1 heterocycles. The fourth-order valence-corrected chi connectivity index (χ4v) is 1.89. The molecule has 0 aliphatic heterocycles. The molecule has 7 heteroatoms. The minimum absolute atomic E-state index is 0.0571. The largest absolute Gasteiger partial charge is 0.508 e. The van der Waals surface area contributed by atoms with Crippen molar-refractivity contribution in [2.75, 3.05) is 0 Å². The Morgan fingerprint density at radius 1 is 0.826 bits per heavy atom. The van der Waals surface area contributed by atoms with Gasteiger partial charge in [0.1, 0.15) is 28.8 Å². The van der Waals surface area contributed by atoms with Gasteiger partial charge in [-0.15, -0.1) is 0 Å². The van der Waals surface area contributed by atoms with Crippen LogP contribution < -0.4 is 5.43 Å². The number of benzene rings is 1. The van der Waals surface area contributed by atoms with Crippen molar-refractivity contribution < 1.29 is 29.9 Å². The molecule has 1 aromatic carbocycles. The molecule has 120 valence electrons. The van der Waals surface area contributed by atoms with Crippen molar-refractivity contribution in [2.45, 2.75) is 6.92 Å². The molecule has 0 spiro atoms. The third kappa shape index (κ3) is 3.65. The third-order valence-electron chi connectivity index (χ3n) is 2.86. The van der Waals surface area contributed by atoms with Crippen LogP contribution in [0.5, 0.6) is 28.7 Å². The molecule has 23 heavy (non-hydrogen) atoms. The Balaban J connectivity index is 2.94. The van der Waals surface area contributed by atoms with Gasteiger partial charge in [0.05, 0.1) is 5.56 Å². The third-order valence-corrected chi connectivity index (χ3v) is 2.86. The van der Waals surface area contributed by atoms with Crippen LogP contribution in [-0.2, 0) is 0 Å². The minimum atomic E-state index is -0.997. The lowest BCUT2D eigenvalue weighted by Crippen LogP contribution is -1.97. The van der Waals surface area contributed by atoms with Gasteiger partial charge in [-0.2, -0.15) is 0 Å². The monoisotopic (exact) mass is 318 g/mol. The molecule has 0 amide bonds. The Morgan fingerprint density at radius 3 is 2.13 bits per heavy atom. The zero-order chi connectivity index (χ0) is 17.1. The van der Waals surface area contributed by atoms with E-state index in [1.54, 1.807) is 0 Å². The minimum Gasteiger partial charge on any atom is -0.508 e. The molecule has 0 aliphatic carbocycles. The molecule has 5 N–H and O–H groups in total. The second-order valence-electron chi connectivity index (χ2n) is 4.74. The molecule has 0 fully saturated rings. The van der Waals surface area contributed by atoms with Gasteiger partial charge >= 0.3 is 0 Å². The van der Waals surface area contributed by atoms with Crippen molar-refractivity contribution in [3.8, 4) is 40.1 Å². The van der Waals surface area contributed by atoms with Gasteiger partial charge in [-0.3, -0.25) is 4.79 Å². The molecule has 0 bridgehead atoms. The Labute approximate surface area is 130 Å². The summed E-state index contributed by atoms with van der Waals surface area (Å²) in [6.45, 7) is 1.43. The van der Waals surface area contributed by atoms with E-state index in [2.05, 4.69) is 0 Å². The summed E-state index contributed by atoms with van der Waals surface area (Å²) in [4.78, 5) is 11.9. The highest BCUT2D eigenvalue weighted by Gasteiger charge is 2.14. The molecular weight excluding hydrogens is 304 g/mol. The fraction of sp³-hybridized carbons (Fsp3) is 0.0625.